The maximum absolute atomic E-state index is 11.9. The second kappa shape index (κ2) is 10.2. The number of nitrogens with zero attached hydrogens (tertiary/aromatic N) is 1. The third kappa shape index (κ3) is 7.23. The first-order valence-corrected chi connectivity index (χ1v) is 8.48. The Hall–Kier alpha value is -1.92. The zero-order chi connectivity index (χ0) is 18.9. The summed E-state index contributed by atoms with van der Waals surface area (Å²) in [5.74, 6) is -1.23. The van der Waals surface area contributed by atoms with Crippen molar-refractivity contribution in [3.63, 3.8) is 0 Å². The van der Waals surface area contributed by atoms with Crippen molar-refractivity contribution in [1.82, 2.24) is 4.90 Å². The largest absolute Gasteiger partial charge is 0.455 e. The first-order chi connectivity index (χ1) is 11.8. The van der Waals surface area contributed by atoms with Crippen molar-refractivity contribution < 1.29 is 23.8 Å². The van der Waals surface area contributed by atoms with Gasteiger partial charge in [0.15, 0.2) is 5.79 Å². The van der Waals surface area contributed by atoms with E-state index in [2.05, 4.69) is 6.08 Å². The van der Waals surface area contributed by atoms with Gasteiger partial charge in [0.25, 0.3) is 0 Å². The molecule has 0 aromatic rings. The molecule has 0 saturated heterocycles. The summed E-state index contributed by atoms with van der Waals surface area (Å²) >= 11 is 0. The van der Waals surface area contributed by atoms with Gasteiger partial charge in [0.1, 0.15) is 6.10 Å². The number of methoxy groups -OCH3 is 1. The van der Waals surface area contributed by atoms with Crippen LogP contribution in [0.15, 0.2) is 36.0 Å². The van der Waals surface area contributed by atoms with Crippen molar-refractivity contribution in [3.05, 3.63) is 36.0 Å². The molecule has 25 heavy (non-hydrogen) atoms. The molecular weight excluding hydrogens is 322 g/mol. The second-order valence-corrected chi connectivity index (χ2v) is 6.11. The van der Waals surface area contributed by atoms with E-state index in [1.54, 1.807) is 40.3 Å². The summed E-state index contributed by atoms with van der Waals surface area (Å²) in [6, 6.07) is 0. The lowest BCUT2D eigenvalue weighted by atomic mass is 9.93. The van der Waals surface area contributed by atoms with Gasteiger partial charge in [-0.1, -0.05) is 12.2 Å². The summed E-state index contributed by atoms with van der Waals surface area (Å²) in [7, 11) is 4.96. The zero-order valence-corrected chi connectivity index (χ0v) is 15.8. The molecule has 1 aliphatic rings. The smallest absolute Gasteiger partial charge is 0.331 e. The normalized spacial score (nSPS) is 22.0. The van der Waals surface area contributed by atoms with Gasteiger partial charge in [-0.3, -0.25) is 4.79 Å². The van der Waals surface area contributed by atoms with Crippen LogP contribution in [0.3, 0.4) is 0 Å². The summed E-state index contributed by atoms with van der Waals surface area (Å²) in [6.07, 6.45) is 9.86. The first-order valence-electron chi connectivity index (χ1n) is 8.48. The van der Waals surface area contributed by atoms with Crippen LogP contribution >= 0.6 is 0 Å². The van der Waals surface area contributed by atoms with Gasteiger partial charge in [-0.2, -0.15) is 0 Å². The number of carbonyl (C=O) groups is 2. The number of allylic oxidation sites excluding steroid dienone is 2. The van der Waals surface area contributed by atoms with Gasteiger partial charge in [-0.15, -0.1) is 0 Å². The minimum absolute atomic E-state index is 0.155. The van der Waals surface area contributed by atoms with Crippen LogP contribution < -0.4 is 0 Å². The standard InChI is InChI=1S/C19H29NO5/c1-6-24-19(23-5)13-7-8-16(14-19)10-12-18(22)25-15(2)9-11-17(21)20(3)4/h8-12,15H,6-7,13-14H2,1-5H3/b11-9-,12-10+. The summed E-state index contributed by atoms with van der Waals surface area (Å²) in [5, 5.41) is 0. The molecule has 6 heteroatoms. The summed E-state index contributed by atoms with van der Waals surface area (Å²) in [4.78, 5) is 24.8. The minimum atomic E-state index is -0.615. The zero-order valence-electron chi connectivity index (χ0n) is 15.8. The molecule has 0 aromatic carbocycles. The minimum Gasteiger partial charge on any atom is -0.455 e. The van der Waals surface area contributed by atoms with Crippen molar-refractivity contribution in [2.24, 2.45) is 0 Å². The van der Waals surface area contributed by atoms with Gasteiger partial charge in [0, 0.05) is 52.8 Å². The van der Waals surface area contributed by atoms with Gasteiger partial charge in [0.2, 0.25) is 5.91 Å². The maximum atomic E-state index is 11.9. The Morgan fingerprint density at radius 3 is 2.68 bits per heavy atom. The lowest BCUT2D eigenvalue weighted by molar-refractivity contribution is -0.224. The third-order valence-corrected chi connectivity index (χ3v) is 3.87. The second-order valence-electron chi connectivity index (χ2n) is 6.11. The molecule has 1 rings (SSSR count). The molecule has 140 valence electrons. The van der Waals surface area contributed by atoms with E-state index in [9.17, 15) is 9.59 Å². The van der Waals surface area contributed by atoms with Gasteiger partial charge in [0.05, 0.1) is 0 Å². The van der Waals surface area contributed by atoms with E-state index >= 15 is 0 Å². The summed E-state index contributed by atoms with van der Waals surface area (Å²) < 4.78 is 16.5. The lowest BCUT2D eigenvalue weighted by Gasteiger charge is -2.35. The molecule has 0 aromatic heterocycles. The van der Waals surface area contributed by atoms with Crippen molar-refractivity contribution in [1.29, 1.82) is 0 Å². The van der Waals surface area contributed by atoms with Crippen LogP contribution in [-0.4, -0.2) is 56.5 Å². The molecule has 1 aliphatic carbocycles. The number of hydrogen-bond donors (Lipinski definition) is 0. The molecule has 0 bridgehead atoms. The van der Waals surface area contributed by atoms with Gasteiger partial charge in [-0.05, 0) is 31.9 Å². The number of esters is 1. The molecule has 6 nitrogen and oxygen atoms in total. The molecular formula is C19H29NO5. The molecule has 0 heterocycles. The first kappa shape index (κ1) is 21.1. The molecule has 2 unspecified atom stereocenters. The predicted molar refractivity (Wildman–Crippen MR) is 95.8 cm³/mol. The van der Waals surface area contributed by atoms with Crippen molar-refractivity contribution >= 4 is 11.9 Å². The van der Waals surface area contributed by atoms with E-state index in [0.717, 1.165) is 18.4 Å². The van der Waals surface area contributed by atoms with Crippen molar-refractivity contribution in [2.45, 2.75) is 45.0 Å². The highest BCUT2D eigenvalue weighted by Gasteiger charge is 2.32. The number of ether oxygens (including phenoxy) is 3. The maximum Gasteiger partial charge on any atom is 0.331 e. The quantitative estimate of drug-likeness (QED) is 0.382. The Kier molecular flexibility index (Phi) is 8.58. The van der Waals surface area contributed by atoms with E-state index in [4.69, 9.17) is 14.2 Å². The fourth-order valence-electron chi connectivity index (χ4n) is 2.50. The third-order valence-electron chi connectivity index (χ3n) is 3.87. The molecule has 0 radical (unpaired) electrons. The highest BCUT2D eigenvalue weighted by atomic mass is 16.7. The number of rotatable bonds is 8. The molecule has 1 amide bonds. The number of carbonyl (C=O) groups excluding carboxylic acids is 2. The Labute approximate surface area is 150 Å². The molecule has 0 N–H and O–H groups in total. The molecule has 0 spiro atoms. The van der Waals surface area contributed by atoms with E-state index in [1.165, 1.54) is 17.1 Å². The van der Waals surface area contributed by atoms with E-state index < -0.39 is 17.9 Å². The van der Waals surface area contributed by atoms with Crippen LogP contribution in [0.25, 0.3) is 0 Å². The van der Waals surface area contributed by atoms with Crippen LogP contribution in [0.4, 0.5) is 0 Å². The van der Waals surface area contributed by atoms with Crippen LogP contribution in [0.1, 0.15) is 33.1 Å². The van der Waals surface area contributed by atoms with Crippen LogP contribution in [0.2, 0.25) is 0 Å². The predicted octanol–water partition coefficient (Wildman–Crippen LogP) is 2.61. The van der Waals surface area contributed by atoms with Gasteiger partial charge < -0.3 is 19.1 Å². The SMILES string of the molecule is CCOC1(OC)CCC=C(/C=C/C(=O)OC(C)/C=C\C(=O)N(C)C)C1. The van der Waals surface area contributed by atoms with E-state index in [1.807, 2.05) is 6.92 Å². The van der Waals surface area contributed by atoms with E-state index in [0.29, 0.717) is 13.0 Å². The van der Waals surface area contributed by atoms with E-state index in [-0.39, 0.29) is 5.91 Å². The lowest BCUT2D eigenvalue weighted by Crippen LogP contribution is -2.37. The Bertz CT molecular complexity index is 550. The molecule has 0 aliphatic heterocycles. The van der Waals surface area contributed by atoms with Crippen LogP contribution in [-0.2, 0) is 23.8 Å². The van der Waals surface area contributed by atoms with Crippen LogP contribution in [0.5, 0.6) is 0 Å². The monoisotopic (exact) mass is 351 g/mol. The molecule has 2 atom stereocenters. The van der Waals surface area contributed by atoms with Gasteiger partial charge >= 0.3 is 5.97 Å². The topological polar surface area (TPSA) is 65.1 Å². The summed E-state index contributed by atoms with van der Waals surface area (Å²) in [5.41, 5.74) is 0.976. The van der Waals surface area contributed by atoms with Gasteiger partial charge in [-0.25, -0.2) is 4.79 Å². The Morgan fingerprint density at radius 2 is 2.08 bits per heavy atom. The average Bonchev–Trinajstić information content (AvgIpc) is 2.58. The average molecular weight is 351 g/mol. The number of likely N-dealkylation sites (N-methyl/N-ethyl adjacent to an activating group) is 1. The molecule has 0 fully saturated rings. The van der Waals surface area contributed by atoms with Crippen molar-refractivity contribution in [2.75, 3.05) is 27.8 Å². The summed E-state index contributed by atoms with van der Waals surface area (Å²) in [6.45, 7) is 4.21. The highest BCUT2D eigenvalue weighted by molar-refractivity contribution is 5.87. The molecule has 0 saturated carbocycles. The number of hydrogen-bond acceptors (Lipinski definition) is 5. The highest BCUT2D eigenvalue weighted by Crippen LogP contribution is 2.32. The Balaban J connectivity index is 2.56. The fraction of sp³-hybridized carbons (Fsp3) is 0.579. The van der Waals surface area contributed by atoms with Crippen molar-refractivity contribution in [3.8, 4) is 0 Å². The van der Waals surface area contributed by atoms with Crippen LogP contribution in [0, 0.1) is 0 Å². The fourth-order valence-corrected chi connectivity index (χ4v) is 2.50. The number of amides is 1. The Morgan fingerprint density at radius 1 is 1.36 bits per heavy atom.